The number of hydrogen-bond donors (Lipinski definition) is 3. The minimum absolute atomic E-state index is 0.137. The van der Waals surface area contributed by atoms with Crippen LogP contribution in [0.1, 0.15) is 35.8 Å². The van der Waals surface area contributed by atoms with Gasteiger partial charge >= 0.3 is 6.03 Å². The molecule has 0 saturated carbocycles. The lowest BCUT2D eigenvalue weighted by molar-refractivity contribution is -0.117. The number of allylic oxidation sites excluding steroid dienone is 1. The van der Waals surface area contributed by atoms with Crippen molar-refractivity contribution in [3.63, 3.8) is 0 Å². The molecular weight excluding hydrogens is 300 g/mol. The molecule has 1 aliphatic carbocycles. The van der Waals surface area contributed by atoms with Gasteiger partial charge in [0.1, 0.15) is 0 Å². The molecule has 2 heterocycles. The quantitative estimate of drug-likeness (QED) is 0.781. The van der Waals surface area contributed by atoms with Crippen molar-refractivity contribution in [2.24, 2.45) is 0 Å². The average molecular weight is 320 g/mol. The number of carbonyl (C=O) groups excluding carboxylic acids is 2. The van der Waals surface area contributed by atoms with Crippen molar-refractivity contribution in [1.82, 2.24) is 20.9 Å². The van der Waals surface area contributed by atoms with Crippen molar-refractivity contribution < 1.29 is 9.59 Å². The molecule has 1 aromatic rings. The van der Waals surface area contributed by atoms with Crippen molar-refractivity contribution in [3.8, 4) is 0 Å². The molecule has 1 unspecified atom stereocenters. The number of hydrogen-bond acceptors (Lipinski definition) is 4. The summed E-state index contributed by atoms with van der Waals surface area (Å²) in [6.45, 7) is 4.11. The lowest BCUT2D eigenvalue weighted by Gasteiger charge is -2.25. The van der Waals surface area contributed by atoms with E-state index in [2.05, 4.69) is 20.9 Å². The van der Waals surface area contributed by atoms with E-state index in [1.807, 2.05) is 6.92 Å². The highest BCUT2D eigenvalue weighted by Gasteiger charge is 2.26. The molecule has 22 heavy (non-hydrogen) atoms. The summed E-state index contributed by atoms with van der Waals surface area (Å²) in [7, 11) is 0. The molecule has 6 nitrogen and oxygen atoms in total. The number of thiazole rings is 1. The molecule has 3 N–H and O–H groups in total. The van der Waals surface area contributed by atoms with Crippen LogP contribution in [0.25, 0.3) is 0 Å². The Morgan fingerprint density at radius 2 is 2.27 bits per heavy atom. The summed E-state index contributed by atoms with van der Waals surface area (Å²) >= 11 is 1.77. The van der Waals surface area contributed by atoms with E-state index in [9.17, 15) is 9.59 Å². The van der Waals surface area contributed by atoms with Gasteiger partial charge in [0.05, 0.1) is 22.3 Å². The lowest BCUT2D eigenvalue weighted by atomic mass is 10.0. The van der Waals surface area contributed by atoms with Crippen LogP contribution in [0, 0.1) is 0 Å². The zero-order valence-electron chi connectivity index (χ0n) is 12.8. The first kappa shape index (κ1) is 15.0. The Labute approximate surface area is 133 Å². The molecule has 3 rings (SSSR count). The smallest absolute Gasteiger partial charge is 0.319 e. The Bertz CT molecular complexity index is 628. The Morgan fingerprint density at radius 1 is 1.45 bits per heavy atom. The maximum absolute atomic E-state index is 12.3. The fourth-order valence-electron chi connectivity index (χ4n) is 2.96. The van der Waals surface area contributed by atoms with Crippen LogP contribution in [0.5, 0.6) is 0 Å². The number of aromatic nitrogens is 1. The van der Waals surface area contributed by atoms with E-state index in [1.165, 1.54) is 17.0 Å². The Morgan fingerprint density at radius 3 is 3.00 bits per heavy atom. The molecule has 0 bridgehead atoms. The SMILES string of the molecule is CC1=C(C(=O)NCCc2nc3c(s2)CCC3)C(C)NC(=O)N1. The van der Waals surface area contributed by atoms with Gasteiger partial charge < -0.3 is 16.0 Å². The molecule has 0 fully saturated rings. The molecule has 1 aliphatic heterocycles. The number of rotatable bonds is 4. The Kier molecular flexibility index (Phi) is 4.15. The summed E-state index contributed by atoms with van der Waals surface area (Å²) in [5.41, 5.74) is 2.45. The normalized spacial score (nSPS) is 20.5. The van der Waals surface area contributed by atoms with Crippen molar-refractivity contribution in [2.45, 2.75) is 45.6 Å². The highest BCUT2D eigenvalue weighted by atomic mass is 32.1. The van der Waals surface area contributed by atoms with E-state index in [0.29, 0.717) is 17.8 Å². The number of urea groups is 1. The van der Waals surface area contributed by atoms with Crippen LogP contribution >= 0.6 is 11.3 Å². The zero-order valence-corrected chi connectivity index (χ0v) is 13.6. The highest BCUT2D eigenvalue weighted by Crippen LogP contribution is 2.27. The van der Waals surface area contributed by atoms with Gasteiger partial charge in [0.2, 0.25) is 0 Å². The second kappa shape index (κ2) is 6.08. The second-order valence-corrected chi connectivity index (χ2v) is 6.86. The monoisotopic (exact) mass is 320 g/mol. The fraction of sp³-hybridized carbons (Fsp3) is 0.533. The first-order chi connectivity index (χ1) is 10.5. The van der Waals surface area contributed by atoms with Gasteiger partial charge in [-0.15, -0.1) is 11.3 Å². The van der Waals surface area contributed by atoms with E-state index in [4.69, 9.17) is 0 Å². The molecular formula is C15H20N4O2S. The molecule has 3 amide bonds. The summed E-state index contributed by atoms with van der Waals surface area (Å²) in [4.78, 5) is 29.6. The minimum atomic E-state index is -0.280. The van der Waals surface area contributed by atoms with Gasteiger partial charge in [-0.05, 0) is 33.1 Å². The van der Waals surface area contributed by atoms with Gasteiger partial charge in [0, 0.05) is 23.5 Å². The van der Waals surface area contributed by atoms with Crippen molar-refractivity contribution in [3.05, 3.63) is 26.8 Å². The summed E-state index contributed by atoms with van der Waals surface area (Å²) < 4.78 is 0. The van der Waals surface area contributed by atoms with Crippen LogP contribution in [0.15, 0.2) is 11.3 Å². The third kappa shape index (κ3) is 2.99. The van der Waals surface area contributed by atoms with Crippen LogP contribution in [0.2, 0.25) is 0 Å². The van der Waals surface area contributed by atoms with E-state index in [0.717, 1.165) is 24.3 Å². The molecule has 0 aromatic carbocycles. The van der Waals surface area contributed by atoms with E-state index < -0.39 is 0 Å². The molecule has 2 aliphatic rings. The first-order valence-electron chi connectivity index (χ1n) is 7.58. The molecule has 7 heteroatoms. The maximum atomic E-state index is 12.3. The molecule has 0 radical (unpaired) electrons. The van der Waals surface area contributed by atoms with E-state index >= 15 is 0 Å². The van der Waals surface area contributed by atoms with Gasteiger partial charge in [0.25, 0.3) is 5.91 Å². The fourth-order valence-corrected chi connectivity index (χ4v) is 4.12. The minimum Gasteiger partial charge on any atom is -0.352 e. The zero-order chi connectivity index (χ0) is 15.7. The standard InChI is InChI=1S/C15H20N4O2S/c1-8-13(9(2)18-15(21)17-8)14(20)16-7-6-12-19-10-4-3-5-11(10)22-12/h8H,3-7H2,1-2H3,(H,16,20)(H2,17,18,21). The van der Waals surface area contributed by atoms with Crippen LogP contribution in [0.4, 0.5) is 4.79 Å². The summed E-state index contributed by atoms with van der Waals surface area (Å²) in [6.07, 6.45) is 4.21. The number of aryl methyl sites for hydroxylation is 2. The molecule has 1 aromatic heterocycles. The van der Waals surface area contributed by atoms with Crippen LogP contribution in [-0.2, 0) is 24.1 Å². The Balaban J connectivity index is 1.55. The van der Waals surface area contributed by atoms with Crippen molar-refractivity contribution in [1.29, 1.82) is 0 Å². The average Bonchev–Trinajstić information content (AvgIpc) is 2.98. The van der Waals surface area contributed by atoms with E-state index in [1.54, 1.807) is 18.3 Å². The third-order valence-corrected chi connectivity index (χ3v) is 5.21. The maximum Gasteiger partial charge on any atom is 0.319 e. The van der Waals surface area contributed by atoms with Crippen molar-refractivity contribution >= 4 is 23.3 Å². The largest absolute Gasteiger partial charge is 0.352 e. The van der Waals surface area contributed by atoms with Gasteiger partial charge in [-0.1, -0.05) is 0 Å². The predicted molar refractivity (Wildman–Crippen MR) is 84.7 cm³/mol. The summed E-state index contributed by atoms with van der Waals surface area (Å²) in [6, 6.07) is -0.545. The number of fused-ring (bicyclic) bond motifs is 1. The van der Waals surface area contributed by atoms with E-state index in [-0.39, 0.29) is 18.0 Å². The second-order valence-electron chi connectivity index (χ2n) is 5.70. The number of nitrogens with zero attached hydrogens (tertiary/aromatic N) is 1. The van der Waals surface area contributed by atoms with Crippen LogP contribution in [0.3, 0.4) is 0 Å². The molecule has 0 spiro atoms. The Hall–Kier alpha value is -1.89. The van der Waals surface area contributed by atoms with Crippen LogP contribution in [-0.4, -0.2) is 29.5 Å². The van der Waals surface area contributed by atoms with Gasteiger partial charge in [0.15, 0.2) is 0 Å². The number of amides is 3. The number of carbonyl (C=O) groups is 2. The molecule has 118 valence electrons. The molecule has 0 saturated heterocycles. The van der Waals surface area contributed by atoms with Gasteiger partial charge in [-0.25, -0.2) is 9.78 Å². The molecule has 1 atom stereocenters. The highest BCUT2D eigenvalue weighted by molar-refractivity contribution is 7.11. The summed E-state index contributed by atoms with van der Waals surface area (Å²) in [5.74, 6) is -0.137. The van der Waals surface area contributed by atoms with Gasteiger partial charge in [-0.3, -0.25) is 4.79 Å². The topological polar surface area (TPSA) is 83.1 Å². The van der Waals surface area contributed by atoms with Crippen LogP contribution < -0.4 is 16.0 Å². The first-order valence-corrected chi connectivity index (χ1v) is 8.40. The third-order valence-electron chi connectivity index (χ3n) is 3.99. The summed E-state index contributed by atoms with van der Waals surface area (Å²) in [5, 5.41) is 9.34. The predicted octanol–water partition coefficient (Wildman–Crippen LogP) is 1.27. The van der Waals surface area contributed by atoms with Crippen molar-refractivity contribution in [2.75, 3.05) is 6.54 Å². The lowest BCUT2D eigenvalue weighted by Crippen LogP contribution is -2.50. The van der Waals surface area contributed by atoms with Gasteiger partial charge in [-0.2, -0.15) is 0 Å². The number of nitrogens with one attached hydrogen (secondary N) is 3.